The van der Waals surface area contributed by atoms with Gasteiger partial charge in [-0.2, -0.15) is 0 Å². The minimum atomic E-state index is -1.62. The first kappa shape index (κ1) is 12.1. The first-order valence-corrected chi connectivity index (χ1v) is 4.36. The van der Waals surface area contributed by atoms with Crippen molar-refractivity contribution in [1.82, 2.24) is 0 Å². The number of rotatable bonds is 3. The van der Waals surface area contributed by atoms with Gasteiger partial charge in [-0.15, -0.1) is 12.6 Å². The molecule has 3 N–H and O–H groups in total. The van der Waals surface area contributed by atoms with Gasteiger partial charge in [-0.25, -0.2) is 14.4 Å². The number of carboxylic acids is 3. The lowest BCUT2D eigenvalue weighted by atomic mass is 10.0. The van der Waals surface area contributed by atoms with Crippen molar-refractivity contribution in [3.63, 3.8) is 0 Å². The molecular formula is C9H6O6S. The van der Waals surface area contributed by atoms with E-state index in [1.807, 2.05) is 0 Å². The maximum atomic E-state index is 10.8. The third-order valence-electron chi connectivity index (χ3n) is 1.84. The maximum Gasteiger partial charge on any atom is 0.337 e. The summed E-state index contributed by atoms with van der Waals surface area (Å²) in [6, 6.07) is 2.13. The zero-order valence-corrected chi connectivity index (χ0v) is 8.56. The first-order chi connectivity index (χ1) is 7.36. The average molecular weight is 242 g/mol. The molecule has 0 radical (unpaired) electrons. The molecule has 0 aliphatic carbocycles. The maximum absolute atomic E-state index is 10.8. The van der Waals surface area contributed by atoms with Crippen LogP contribution in [0.5, 0.6) is 0 Å². The molecule has 7 heteroatoms. The molecule has 84 valence electrons. The van der Waals surface area contributed by atoms with Gasteiger partial charge in [0.1, 0.15) is 0 Å². The Kier molecular flexibility index (Phi) is 3.19. The van der Waals surface area contributed by atoms with Crippen LogP contribution in [0.15, 0.2) is 17.0 Å². The smallest absolute Gasteiger partial charge is 0.337 e. The number of hydrogen-bond donors (Lipinski definition) is 4. The number of benzene rings is 1. The lowest BCUT2D eigenvalue weighted by Gasteiger charge is -2.07. The normalized spacial score (nSPS) is 9.81. The lowest BCUT2D eigenvalue weighted by molar-refractivity contribution is 0.0631. The van der Waals surface area contributed by atoms with Crippen molar-refractivity contribution in [2.45, 2.75) is 4.90 Å². The summed E-state index contributed by atoms with van der Waals surface area (Å²) in [5.41, 5.74) is -1.98. The molecule has 0 aliphatic heterocycles. The Morgan fingerprint density at radius 1 is 0.875 bits per heavy atom. The quantitative estimate of drug-likeness (QED) is 0.590. The molecule has 0 aromatic heterocycles. The van der Waals surface area contributed by atoms with Gasteiger partial charge in [-0.1, -0.05) is 0 Å². The molecule has 1 aromatic rings. The molecular weight excluding hydrogens is 236 g/mol. The van der Waals surface area contributed by atoms with Crippen LogP contribution in [0.3, 0.4) is 0 Å². The number of hydrogen-bond acceptors (Lipinski definition) is 4. The van der Waals surface area contributed by atoms with Crippen LogP contribution in [-0.2, 0) is 0 Å². The van der Waals surface area contributed by atoms with E-state index in [2.05, 4.69) is 12.6 Å². The minimum absolute atomic E-state index is 0.102. The second kappa shape index (κ2) is 4.23. The van der Waals surface area contributed by atoms with E-state index < -0.39 is 34.6 Å². The van der Waals surface area contributed by atoms with Crippen LogP contribution < -0.4 is 0 Å². The van der Waals surface area contributed by atoms with Crippen molar-refractivity contribution >= 4 is 30.5 Å². The van der Waals surface area contributed by atoms with Gasteiger partial charge in [-0.05, 0) is 12.1 Å². The van der Waals surface area contributed by atoms with Crippen molar-refractivity contribution < 1.29 is 29.7 Å². The van der Waals surface area contributed by atoms with E-state index in [-0.39, 0.29) is 4.90 Å². The molecule has 16 heavy (non-hydrogen) atoms. The molecule has 0 unspecified atom stereocenters. The third-order valence-corrected chi connectivity index (χ3v) is 2.21. The number of carbonyl (C=O) groups is 3. The fourth-order valence-electron chi connectivity index (χ4n) is 1.21. The van der Waals surface area contributed by atoms with Crippen LogP contribution in [0.25, 0.3) is 0 Å². The average Bonchev–Trinajstić information content (AvgIpc) is 2.15. The zero-order valence-electron chi connectivity index (χ0n) is 7.67. The van der Waals surface area contributed by atoms with Crippen LogP contribution in [-0.4, -0.2) is 33.2 Å². The Labute approximate surface area is 94.5 Å². The summed E-state index contributed by atoms with van der Waals surface area (Å²) in [6.45, 7) is 0. The molecule has 0 spiro atoms. The Balaban J connectivity index is 3.70. The van der Waals surface area contributed by atoms with E-state index in [4.69, 9.17) is 15.3 Å². The van der Waals surface area contributed by atoms with Gasteiger partial charge in [-0.3, -0.25) is 0 Å². The Morgan fingerprint density at radius 2 is 1.38 bits per heavy atom. The Hall–Kier alpha value is -2.02. The van der Waals surface area contributed by atoms with Gasteiger partial charge in [0.15, 0.2) is 0 Å². The Morgan fingerprint density at radius 3 is 1.75 bits per heavy atom. The first-order valence-electron chi connectivity index (χ1n) is 3.92. The molecule has 0 bridgehead atoms. The second-order valence-electron chi connectivity index (χ2n) is 2.80. The summed E-state index contributed by atoms with van der Waals surface area (Å²) in [5, 5.41) is 26.3. The van der Waals surface area contributed by atoms with E-state index in [0.29, 0.717) is 0 Å². The molecule has 0 fully saturated rings. The summed E-state index contributed by atoms with van der Waals surface area (Å²) < 4.78 is 0. The monoisotopic (exact) mass is 242 g/mol. The summed E-state index contributed by atoms with van der Waals surface area (Å²) >= 11 is 3.78. The van der Waals surface area contributed by atoms with E-state index >= 15 is 0 Å². The largest absolute Gasteiger partial charge is 0.478 e. The van der Waals surface area contributed by atoms with E-state index in [1.165, 1.54) is 0 Å². The highest BCUT2D eigenvalue weighted by molar-refractivity contribution is 7.80. The highest BCUT2D eigenvalue weighted by Gasteiger charge is 2.25. The van der Waals surface area contributed by atoms with Crippen molar-refractivity contribution in [2.24, 2.45) is 0 Å². The SMILES string of the molecule is O=C(O)c1ccc(S)c(C(=O)O)c1C(=O)O. The fourth-order valence-corrected chi connectivity index (χ4v) is 1.49. The van der Waals surface area contributed by atoms with Gasteiger partial charge in [0.2, 0.25) is 0 Å². The topological polar surface area (TPSA) is 112 Å². The molecule has 0 saturated carbocycles. The highest BCUT2D eigenvalue weighted by atomic mass is 32.1. The van der Waals surface area contributed by atoms with E-state index in [0.717, 1.165) is 12.1 Å². The lowest BCUT2D eigenvalue weighted by Crippen LogP contribution is -2.15. The number of aromatic carboxylic acids is 3. The predicted octanol–water partition coefficient (Wildman–Crippen LogP) is 1.07. The van der Waals surface area contributed by atoms with Crippen LogP contribution >= 0.6 is 12.6 Å². The summed E-state index contributed by atoms with van der Waals surface area (Å²) in [5.74, 6) is -4.66. The van der Waals surface area contributed by atoms with Crippen molar-refractivity contribution in [2.75, 3.05) is 0 Å². The van der Waals surface area contributed by atoms with E-state index in [1.54, 1.807) is 0 Å². The van der Waals surface area contributed by atoms with Crippen molar-refractivity contribution in [1.29, 1.82) is 0 Å². The molecule has 0 amide bonds. The molecule has 0 aliphatic rings. The van der Waals surface area contributed by atoms with Gasteiger partial charge >= 0.3 is 17.9 Å². The van der Waals surface area contributed by atoms with Crippen LogP contribution in [0.4, 0.5) is 0 Å². The molecule has 1 aromatic carbocycles. The Bertz CT molecular complexity index is 493. The summed E-state index contributed by atoms with van der Waals surface area (Å²) in [4.78, 5) is 32.3. The fraction of sp³-hybridized carbons (Fsp3) is 0. The van der Waals surface area contributed by atoms with Crippen molar-refractivity contribution in [3.8, 4) is 0 Å². The van der Waals surface area contributed by atoms with Gasteiger partial charge < -0.3 is 15.3 Å². The van der Waals surface area contributed by atoms with Gasteiger partial charge in [0.25, 0.3) is 0 Å². The molecule has 0 atom stereocenters. The van der Waals surface area contributed by atoms with Gasteiger partial charge in [0, 0.05) is 4.90 Å². The van der Waals surface area contributed by atoms with Crippen LogP contribution in [0, 0.1) is 0 Å². The molecule has 1 rings (SSSR count). The standard InChI is InChI=1S/C9H6O6S/c10-7(11)3-1-2-4(16)6(9(14)15)5(3)8(12)13/h1-2,16H,(H,10,11)(H,12,13)(H,14,15). The van der Waals surface area contributed by atoms with E-state index in [9.17, 15) is 14.4 Å². The molecule has 0 heterocycles. The van der Waals surface area contributed by atoms with Crippen molar-refractivity contribution in [3.05, 3.63) is 28.8 Å². The second-order valence-corrected chi connectivity index (χ2v) is 3.28. The zero-order chi connectivity index (χ0) is 12.5. The highest BCUT2D eigenvalue weighted by Crippen LogP contribution is 2.22. The predicted molar refractivity (Wildman–Crippen MR) is 54.6 cm³/mol. The third kappa shape index (κ3) is 1.98. The number of thiol groups is 1. The molecule has 0 saturated heterocycles. The van der Waals surface area contributed by atoms with Crippen LogP contribution in [0.1, 0.15) is 31.1 Å². The van der Waals surface area contributed by atoms with Gasteiger partial charge in [0.05, 0.1) is 16.7 Å². The minimum Gasteiger partial charge on any atom is -0.478 e. The summed E-state index contributed by atoms with van der Waals surface area (Å²) in [7, 11) is 0. The number of carboxylic acid groups (broad SMARTS) is 3. The molecule has 6 nitrogen and oxygen atoms in total. The summed E-state index contributed by atoms with van der Waals surface area (Å²) in [6.07, 6.45) is 0. The van der Waals surface area contributed by atoms with Crippen LogP contribution in [0.2, 0.25) is 0 Å².